The molecule has 0 saturated carbocycles. The Kier molecular flexibility index (Phi) is 3.93. The van der Waals surface area contributed by atoms with Gasteiger partial charge in [0.2, 0.25) is 0 Å². The first kappa shape index (κ1) is 11.1. The Morgan fingerprint density at radius 3 is 2.25 bits per heavy atom. The molecule has 1 aromatic rings. The van der Waals surface area contributed by atoms with E-state index in [1.807, 2.05) is 19.1 Å². The Balaban J connectivity index is 0.00000121. The van der Waals surface area contributed by atoms with Crippen LogP contribution in [0.1, 0.15) is 29.7 Å². The third kappa shape index (κ3) is 2.06. The van der Waals surface area contributed by atoms with Gasteiger partial charge in [0.25, 0.3) is 0 Å². The summed E-state index contributed by atoms with van der Waals surface area (Å²) in [6, 6.07) is 6.00. The van der Waals surface area contributed by atoms with Gasteiger partial charge in [-0.2, -0.15) is 0 Å². The second-order valence-corrected chi connectivity index (χ2v) is 2.97. The van der Waals surface area contributed by atoms with Crippen molar-refractivity contribution < 1.29 is 5.11 Å². The van der Waals surface area contributed by atoms with Crippen LogP contribution in [0, 0.1) is 13.8 Å². The first-order valence-electron chi connectivity index (χ1n) is 3.87. The molecule has 0 amide bonds. The van der Waals surface area contributed by atoms with Crippen molar-refractivity contribution in [2.45, 2.75) is 26.9 Å². The normalized spacial score (nSPS) is 12.0. The molecule has 0 spiro atoms. The summed E-state index contributed by atoms with van der Waals surface area (Å²) in [4.78, 5) is 0. The van der Waals surface area contributed by atoms with Gasteiger partial charge < -0.3 is 11.3 Å². The molecular formula is C10H17NO. The summed E-state index contributed by atoms with van der Waals surface area (Å²) in [5.74, 6) is 0. The number of hydrogen-bond acceptors (Lipinski definition) is 2. The second kappa shape index (κ2) is 4.24. The molecule has 0 aliphatic carbocycles. The molecule has 0 aliphatic heterocycles. The van der Waals surface area contributed by atoms with Gasteiger partial charge in [-0.3, -0.25) is 0 Å². The summed E-state index contributed by atoms with van der Waals surface area (Å²) >= 11 is 0. The maximum absolute atomic E-state index is 9.33. The van der Waals surface area contributed by atoms with E-state index >= 15 is 0 Å². The van der Waals surface area contributed by atoms with E-state index < -0.39 is 0 Å². The lowest BCUT2D eigenvalue weighted by Gasteiger charge is -2.10. The topological polar surface area (TPSA) is 55.2 Å². The minimum absolute atomic E-state index is 0. The van der Waals surface area contributed by atoms with Crippen LogP contribution in [-0.2, 0) is 0 Å². The summed E-state index contributed by atoms with van der Waals surface area (Å²) in [6.45, 7) is 5.89. The minimum atomic E-state index is -0.352. The number of rotatable bonds is 1. The predicted molar refractivity (Wildman–Crippen MR) is 51.6 cm³/mol. The first-order valence-corrected chi connectivity index (χ1v) is 3.87. The van der Waals surface area contributed by atoms with Crippen LogP contribution in [-0.4, -0.2) is 5.11 Å². The third-order valence-corrected chi connectivity index (χ3v) is 2.10. The van der Waals surface area contributed by atoms with Crippen LogP contribution >= 0.6 is 0 Å². The second-order valence-electron chi connectivity index (χ2n) is 2.97. The van der Waals surface area contributed by atoms with E-state index in [1.54, 1.807) is 6.92 Å². The number of aliphatic hydroxyl groups is 1. The number of hydrogen-bond donors (Lipinski definition) is 2. The molecule has 0 radical (unpaired) electrons. The van der Waals surface area contributed by atoms with Crippen molar-refractivity contribution in [3.63, 3.8) is 0 Å². The molecule has 1 unspecified atom stereocenters. The zero-order chi connectivity index (χ0) is 8.43. The Morgan fingerprint density at radius 2 is 1.83 bits per heavy atom. The smallest absolute Gasteiger partial charge is 0.0764 e. The molecule has 2 nitrogen and oxygen atoms in total. The minimum Gasteiger partial charge on any atom is -0.389 e. The summed E-state index contributed by atoms with van der Waals surface area (Å²) in [5, 5.41) is 9.33. The van der Waals surface area contributed by atoms with Gasteiger partial charge in [0, 0.05) is 0 Å². The largest absolute Gasteiger partial charge is 0.389 e. The molecule has 0 bridgehead atoms. The van der Waals surface area contributed by atoms with Gasteiger partial charge >= 0.3 is 0 Å². The fourth-order valence-electron chi connectivity index (χ4n) is 1.23. The number of aliphatic hydroxyl groups excluding tert-OH is 1. The zero-order valence-electron chi connectivity index (χ0n) is 7.96. The lowest BCUT2D eigenvalue weighted by Crippen LogP contribution is -1.95. The van der Waals surface area contributed by atoms with E-state index in [-0.39, 0.29) is 12.3 Å². The van der Waals surface area contributed by atoms with Crippen LogP contribution < -0.4 is 6.15 Å². The SMILES string of the molecule is Cc1cccc(C(C)O)c1C.N. The standard InChI is InChI=1S/C10H14O.H3N/c1-7-5-4-6-10(8(7)2)9(3)11;/h4-6,9,11H,1-3H3;1H3. The summed E-state index contributed by atoms with van der Waals surface area (Å²) < 4.78 is 0. The van der Waals surface area contributed by atoms with E-state index in [0.717, 1.165) is 5.56 Å². The van der Waals surface area contributed by atoms with Crippen molar-refractivity contribution in [1.82, 2.24) is 6.15 Å². The van der Waals surface area contributed by atoms with Crippen molar-refractivity contribution in [2.75, 3.05) is 0 Å². The molecule has 2 heteroatoms. The van der Waals surface area contributed by atoms with Crippen LogP contribution in [0.25, 0.3) is 0 Å². The molecule has 4 N–H and O–H groups in total. The number of benzene rings is 1. The molecule has 68 valence electrons. The summed E-state index contributed by atoms with van der Waals surface area (Å²) in [6.07, 6.45) is -0.352. The van der Waals surface area contributed by atoms with Crippen LogP contribution in [0.2, 0.25) is 0 Å². The maximum Gasteiger partial charge on any atom is 0.0764 e. The lowest BCUT2D eigenvalue weighted by atomic mass is 10.0. The molecule has 0 fully saturated rings. The van der Waals surface area contributed by atoms with Crippen LogP contribution in [0.15, 0.2) is 18.2 Å². The predicted octanol–water partition coefficient (Wildman–Crippen LogP) is 2.52. The van der Waals surface area contributed by atoms with Gasteiger partial charge in [-0.05, 0) is 37.5 Å². The Bertz CT molecular complexity index is 256. The molecule has 0 heterocycles. The van der Waals surface area contributed by atoms with Gasteiger partial charge in [0.1, 0.15) is 0 Å². The highest BCUT2D eigenvalue weighted by atomic mass is 16.3. The molecule has 1 atom stereocenters. The average molecular weight is 167 g/mol. The first-order chi connectivity index (χ1) is 5.13. The molecule has 1 rings (SSSR count). The van der Waals surface area contributed by atoms with Crippen molar-refractivity contribution in [3.05, 3.63) is 34.9 Å². The molecule has 12 heavy (non-hydrogen) atoms. The third-order valence-electron chi connectivity index (χ3n) is 2.10. The molecule has 1 aromatic carbocycles. The van der Waals surface area contributed by atoms with Crippen molar-refractivity contribution in [2.24, 2.45) is 0 Å². The maximum atomic E-state index is 9.33. The molecule has 0 aliphatic rings. The van der Waals surface area contributed by atoms with Crippen molar-refractivity contribution in [1.29, 1.82) is 0 Å². The Hall–Kier alpha value is -0.860. The van der Waals surface area contributed by atoms with Crippen LogP contribution in [0.5, 0.6) is 0 Å². The van der Waals surface area contributed by atoms with E-state index in [1.165, 1.54) is 11.1 Å². The summed E-state index contributed by atoms with van der Waals surface area (Å²) in [7, 11) is 0. The average Bonchev–Trinajstić information content (AvgIpc) is 1.94. The highest BCUT2D eigenvalue weighted by Crippen LogP contribution is 2.19. The molecule has 0 saturated heterocycles. The zero-order valence-corrected chi connectivity index (χ0v) is 7.96. The lowest BCUT2D eigenvalue weighted by molar-refractivity contribution is 0.198. The van der Waals surface area contributed by atoms with Crippen molar-refractivity contribution >= 4 is 0 Å². The Labute approximate surface area is 73.8 Å². The fourth-order valence-corrected chi connectivity index (χ4v) is 1.23. The molecule has 0 aromatic heterocycles. The van der Waals surface area contributed by atoms with E-state index in [4.69, 9.17) is 0 Å². The highest BCUT2D eigenvalue weighted by Gasteiger charge is 2.04. The van der Waals surface area contributed by atoms with Gasteiger partial charge in [-0.25, -0.2) is 0 Å². The van der Waals surface area contributed by atoms with E-state index in [9.17, 15) is 5.11 Å². The Morgan fingerprint density at radius 1 is 1.25 bits per heavy atom. The molecular weight excluding hydrogens is 150 g/mol. The van der Waals surface area contributed by atoms with E-state index in [2.05, 4.69) is 13.0 Å². The van der Waals surface area contributed by atoms with Gasteiger partial charge in [-0.1, -0.05) is 18.2 Å². The monoisotopic (exact) mass is 167 g/mol. The highest BCUT2D eigenvalue weighted by molar-refractivity contribution is 5.34. The quantitative estimate of drug-likeness (QED) is 0.675. The van der Waals surface area contributed by atoms with Crippen LogP contribution in [0.3, 0.4) is 0 Å². The number of aryl methyl sites for hydroxylation is 1. The van der Waals surface area contributed by atoms with Crippen molar-refractivity contribution in [3.8, 4) is 0 Å². The van der Waals surface area contributed by atoms with Gasteiger partial charge in [-0.15, -0.1) is 0 Å². The van der Waals surface area contributed by atoms with Gasteiger partial charge in [0.05, 0.1) is 6.10 Å². The van der Waals surface area contributed by atoms with E-state index in [0.29, 0.717) is 0 Å². The van der Waals surface area contributed by atoms with Gasteiger partial charge in [0.15, 0.2) is 0 Å². The summed E-state index contributed by atoms with van der Waals surface area (Å²) in [5.41, 5.74) is 3.47. The van der Waals surface area contributed by atoms with Crippen LogP contribution in [0.4, 0.5) is 0 Å². The fraction of sp³-hybridized carbons (Fsp3) is 0.400.